The molecule has 2 aromatic carbocycles. The first-order chi connectivity index (χ1) is 16.7. The van der Waals surface area contributed by atoms with E-state index in [1.54, 1.807) is 52.5 Å². The second kappa shape index (κ2) is 10.8. The van der Waals surface area contributed by atoms with E-state index in [0.717, 1.165) is 5.56 Å². The first kappa shape index (κ1) is 25.8. The molecule has 0 atom stereocenters. The van der Waals surface area contributed by atoms with Crippen LogP contribution in [-0.2, 0) is 26.6 Å². The minimum absolute atomic E-state index is 0.109. The zero-order valence-corrected chi connectivity index (χ0v) is 21.5. The van der Waals surface area contributed by atoms with Gasteiger partial charge in [-0.05, 0) is 36.8 Å². The number of benzene rings is 2. The van der Waals surface area contributed by atoms with Crippen LogP contribution in [-0.4, -0.2) is 99.3 Å². The van der Waals surface area contributed by atoms with Gasteiger partial charge in [-0.1, -0.05) is 30.3 Å². The van der Waals surface area contributed by atoms with E-state index in [1.807, 2.05) is 18.2 Å². The topological polar surface area (TPSA) is 98.3 Å². The molecule has 4 rings (SSSR count). The summed E-state index contributed by atoms with van der Waals surface area (Å²) >= 11 is 0. The number of sulfonamides is 2. The van der Waals surface area contributed by atoms with E-state index in [9.17, 15) is 21.6 Å². The molecule has 2 aliphatic heterocycles. The Hall–Kier alpha value is -2.31. The summed E-state index contributed by atoms with van der Waals surface area (Å²) in [6.45, 7) is 5.74. The number of piperazine rings is 2. The molecule has 0 saturated carbocycles. The monoisotopic (exact) mass is 520 g/mol. The molecule has 2 aromatic rings. The second-order valence-corrected chi connectivity index (χ2v) is 13.0. The highest BCUT2D eigenvalue weighted by atomic mass is 32.2. The smallest absolute Gasteiger partial charge is 0.253 e. The van der Waals surface area contributed by atoms with Gasteiger partial charge in [0.05, 0.1) is 10.6 Å². The molecular weight excluding hydrogens is 488 g/mol. The molecule has 35 heavy (non-hydrogen) atoms. The van der Waals surface area contributed by atoms with Crippen LogP contribution in [0.5, 0.6) is 0 Å². The molecule has 0 N–H and O–H groups in total. The second-order valence-electron chi connectivity index (χ2n) is 8.79. The predicted octanol–water partition coefficient (Wildman–Crippen LogP) is 1.30. The summed E-state index contributed by atoms with van der Waals surface area (Å²) in [4.78, 5) is 17.3. The standard InChI is InChI=1S/C24H32N4O5S2/c1-2-34(30,31)27-15-11-25(12-16-27)20-21-7-6-8-22(19-21)24(29)26-13-17-28(18-14-26)35(32,33)23-9-4-3-5-10-23/h3-10,19H,2,11-18,20H2,1H3. The van der Waals surface area contributed by atoms with Crippen LogP contribution in [0.2, 0.25) is 0 Å². The van der Waals surface area contributed by atoms with Gasteiger partial charge in [-0.15, -0.1) is 0 Å². The van der Waals surface area contributed by atoms with Gasteiger partial charge in [0.25, 0.3) is 5.91 Å². The maximum atomic E-state index is 13.1. The van der Waals surface area contributed by atoms with Crippen LogP contribution < -0.4 is 0 Å². The van der Waals surface area contributed by atoms with Gasteiger partial charge in [-0.25, -0.2) is 16.8 Å². The lowest BCUT2D eigenvalue weighted by molar-refractivity contribution is 0.0697. The van der Waals surface area contributed by atoms with Crippen molar-refractivity contribution in [3.8, 4) is 0 Å². The fraction of sp³-hybridized carbons (Fsp3) is 0.458. The zero-order valence-electron chi connectivity index (χ0n) is 19.9. The molecule has 0 spiro atoms. The molecule has 2 aliphatic rings. The van der Waals surface area contributed by atoms with Crippen LogP contribution in [0, 0.1) is 0 Å². The van der Waals surface area contributed by atoms with Crippen molar-refractivity contribution in [1.82, 2.24) is 18.4 Å². The first-order valence-electron chi connectivity index (χ1n) is 11.8. The number of rotatable bonds is 7. The first-order valence-corrected chi connectivity index (χ1v) is 14.9. The summed E-state index contributed by atoms with van der Waals surface area (Å²) in [6, 6.07) is 15.8. The summed E-state index contributed by atoms with van der Waals surface area (Å²) in [5, 5.41) is 0. The Morgan fingerprint density at radius 1 is 0.771 bits per heavy atom. The van der Waals surface area contributed by atoms with Crippen LogP contribution in [0.25, 0.3) is 0 Å². The van der Waals surface area contributed by atoms with Crippen molar-refractivity contribution in [2.45, 2.75) is 18.4 Å². The van der Waals surface area contributed by atoms with Gasteiger partial charge >= 0.3 is 0 Å². The summed E-state index contributed by atoms with van der Waals surface area (Å²) in [5.41, 5.74) is 1.57. The average molecular weight is 521 g/mol. The number of hydrogen-bond acceptors (Lipinski definition) is 6. The van der Waals surface area contributed by atoms with Crippen molar-refractivity contribution in [2.75, 3.05) is 58.1 Å². The third kappa shape index (κ3) is 5.92. The van der Waals surface area contributed by atoms with Crippen LogP contribution in [0.4, 0.5) is 0 Å². The highest BCUT2D eigenvalue weighted by Crippen LogP contribution is 2.19. The van der Waals surface area contributed by atoms with E-state index < -0.39 is 20.0 Å². The van der Waals surface area contributed by atoms with E-state index in [4.69, 9.17) is 0 Å². The lowest BCUT2D eigenvalue weighted by Gasteiger charge is -2.34. The third-order valence-corrected chi connectivity index (χ3v) is 10.4. The van der Waals surface area contributed by atoms with Crippen LogP contribution in [0.15, 0.2) is 59.5 Å². The van der Waals surface area contributed by atoms with E-state index in [2.05, 4.69) is 4.90 Å². The summed E-state index contributed by atoms with van der Waals surface area (Å²) < 4.78 is 52.8. The fourth-order valence-corrected chi connectivity index (χ4v) is 6.99. The predicted molar refractivity (Wildman–Crippen MR) is 134 cm³/mol. The van der Waals surface area contributed by atoms with Gasteiger partial charge in [0.2, 0.25) is 20.0 Å². The molecule has 190 valence electrons. The number of hydrogen-bond donors (Lipinski definition) is 0. The maximum Gasteiger partial charge on any atom is 0.253 e. The highest BCUT2D eigenvalue weighted by Gasteiger charge is 2.30. The Labute approximate surface area is 208 Å². The van der Waals surface area contributed by atoms with Crippen LogP contribution in [0.1, 0.15) is 22.8 Å². The lowest BCUT2D eigenvalue weighted by atomic mass is 10.1. The van der Waals surface area contributed by atoms with Crippen molar-refractivity contribution < 1.29 is 21.6 Å². The SMILES string of the molecule is CCS(=O)(=O)N1CCN(Cc2cccc(C(=O)N3CCN(S(=O)(=O)c4ccccc4)CC3)c2)CC1. The molecular formula is C24H32N4O5S2. The average Bonchev–Trinajstić information content (AvgIpc) is 2.89. The molecule has 0 aromatic heterocycles. The molecule has 11 heteroatoms. The lowest BCUT2D eigenvalue weighted by Crippen LogP contribution is -2.50. The number of amides is 1. The zero-order chi connectivity index (χ0) is 25.1. The third-order valence-electron chi connectivity index (χ3n) is 6.58. The summed E-state index contributed by atoms with van der Waals surface area (Å²) in [6.07, 6.45) is 0. The minimum atomic E-state index is -3.57. The normalized spacial score (nSPS) is 19.1. The fourth-order valence-electron chi connectivity index (χ4n) is 4.46. The van der Waals surface area contributed by atoms with Gasteiger partial charge in [0, 0.05) is 64.5 Å². The Balaban J connectivity index is 1.33. The van der Waals surface area contributed by atoms with Gasteiger partial charge in [-0.2, -0.15) is 8.61 Å². The molecule has 0 unspecified atom stereocenters. The molecule has 0 aliphatic carbocycles. The highest BCUT2D eigenvalue weighted by molar-refractivity contribution is 7.89. The molecule has 0 radical (unpaired) electrons. The Kier molecular flexibility index (Phi) is 7.92. The molecule has 2 saturated heterocycles. The Bertz CT molecular complexity index is 1240. The maximum absolute atomic E-state index is 13.1. The summed E-state index contributed by atoms with van der Waals surface area (Å²) in [7, 11) is -6.73. The van der Waals surface area contributed by atoms with Crippen LogP contribution in [0.3, 0.4) is 0 Å². The largest absolute Gasteiger partial charge is 0.336 e. The minimum Gasteiger partial charge on any atom is -0.336 e. The van der Waals surface area contributed by atoms with Gasteiger partial charge in [0.1, 0.15) is 0 Å². The van der Waals surface area contributed by atoms with Gasteiger partial charge < -0.3 is 4.90 Å². The molecule has 1 amide bonds. The Morgan fingerprint density at radius 3 is 2.03 bits per heavy atom. The van der Waals surface area contributed by atoms with Crippen LogP contribution >= 0.6 is 0 Å². The van der Waals surface area contributed by atoms with E-state index in [0.29, 0.717) is 51.4 Å². The molecule has 2 fully saturated rings. The van der Waals surface area contributed by atoms with Crippen molar-refractivity contribution in [3.63, 3.8) is 0 Å². The molecule has 2 heterocycles. The van der Waals surface area contributed by atoms with Crippen molar-refractivity contribution >= 4 is 26.0 Å². The van der Waals surface area contributed by atoms with E-state index in [-0.39, 0.29) is 29.6 Å². The van der Waals surface area contributed by atoms with Crippen molar-refractivity contribution in [1.29, 1.82) is 0 Å². The van der Waals surface area contributed by atoms with Crippen molar-refractivity contribution in [2.24, 2.45) is 0 Å². The molecule has 9 nitrogen and oxygen atoms in total. The number of carbonyl (C=O) groups excluding carboxylic acids is 1. The Morgan fingerprint density at radius 2 is 1.40 bits per heavy atom. The van der Waals surface area contributed by atoms with E-state index >= 15 is 0 Å². The number of carbonyl (C=O) groups is 1. The number of nitrogens with zero attached hydrogens (tertiary/aromatic N) is 4. The quantitative estimate of drug-likeness (QED) is 0.546. The van der Waals surface area contributed by atoms with E-state index in [1.165, 1.54) is 4.31 Å². The van der Waals surface area contributed by atoms with Crippen molar-refractivity contribution in [3.05, 3.63) is 65.7 Å². The molecule has 0 bridgehead atoms. The van der Waals surface area contributed by atoms with Gasteiger partial charge in [0.15, 0.2) is 0 Å². The van der Waals surface area contributed by atoms with Gasteiger partial charge in [-0.3, -0.25) is 9.69 Å². The summed E-state index contributed by atoms with van der Waals surface area (Å²) in [5.74, 6) is 0.00586.